The average molecular weight is 821 g/mol. The number of hydrogen-bond acceptors (Lipinski definition) is 8. The van der Waals surface area contributed by atoms with E-state index >= 15 is 0 Å². The first-order valence-corrected chi connectivity index (χ1v) is 22.0. The topological polar surface area (TPSA) is 73.8 Å². The molecule has 330 valence electrons. The summed E-state index contributed by atoms with van der Waals surface area (Å²) < 4.78 is 47.0. The van der Waals surface area contributed by atoms with Gasteiger partial charge in [0.2, 0.25) is 0 Å². The van der Waals surface area contributed by atoms with Crippen LogP contribution < -0.4 is 9.47 Å². The van der Waals surface area contributed by atoms with Gasteiger partial charge in [0.1, 0.15) is 13.2 Å². The molecular weight excluding hydrogens is 743 g/mol. The molecule has 59 heavy (non-hydrogen) atoms. The molecule has 0 N–H and O–H groups in total. The zero-order valence-electron chi connectivity index (χ0n) is 38.6. The number of methoxy groups -OCH3 is 2. The van der Waals surface area contributed by atoms with E-state index in [0.29, 0.717) is 90.8 Å². The minimum atomic E-state index is -0.395. The third kappa shape index (κ3) is 13.5. The van der Waals surface area contributed by atoms with Crippen LogP contribution in [0.2, 0.25) is 0 Å². The van der Waals surface area contributed by atoms with Crippen molar-refractivity contribution in [3.63, 3.8) is 0 Å². The Hall–Kier alpha value is -3.02. The predicted octanol–water partition coefficient (Wildman–Crippen LogP) is 9.37. The molecule has 1 aliphatic rings. The molecule has 3 aromatic carbocycles. The second-order valence-electron chi connectivity index (χ2n) is 18.2. The summed E-state index contributed by atoms with van der Waals surface area (Å²) in [6, 6.07) is 21.2. The van der Waals surface area contributed by atoms with Gasteiger partial charge in [-0.15, -0.1) is 0 Å². The summed E-state index contributed by atoms with van der Waals surface area (Å²) in [7, 11) is 10.2. The number of benzene rings is 3. The summed E-state index contributed by atoms with van der Waals surface area (Å²) in [5, 5.41) is 0. The van der Waals surface area contributed by atoms with Crippen LogP contribution in [0, 0.1) is 0 Å². The molecule has 0 saturated carbocycles. The van der Waals surface area contributed by atoms with Crippen LogP contribution in [0.25, 0.3) is 11.1 Å². The van der Waals surface area contributed by atoms with Crippen LogP contribution >= 0.6 is 0 Å². The Kier molecular flexibility index (Phi) is 19.2. The van der Waals surface area contributed by atoms with Gasteiger partial charge in [0, 0.05) is 19.6 Å². The van der Waals surface area contributed by atoms with Gasteiger partial charge < -0.3 is 42.4 Å². The van der Waals surface area contributed by atoms with Gasteiger partial charge in [0.15, 0.2) is 11.5 Å². The second-order valence-corrected chi connectivity index (χ2v) is 18.2. The Balaban J connectivity index is 1.78. The average Bonchev–Trinajstić information content (AvgIpc) is 3.50. The van der Waals surface area contributed by atoms with Crippen molar-refractivity contribution in [1.29, 1.82) is 0 Å². The molecule has 4 rings (SSSR count). The van der Waals surface area contributed by atoms with Crippen LogP contribution in [-0.4, -0.2) is 126 Å². The second kappa shape index (κ2) is 23.3. The van der Waals surface area contributed by atoms with Crippen LogP contribution in [0.4, 0.5) is 0 Å². The number of fused-ring (bicyclic) bond motifs is 3. The standard InChI is InChI=1S/C50H78NO8/c1-12-48(3,4)39-16-19-42-43-20-17-40(49(5,6)13-2)37-45(43)50(44(42)36-39,22-14-15-23-51(7,8)9)41-18-21-46(58-34-32-56-30-28-54-26-24-52-10)47(38-41)59-35-33-57-31-29-55-27-25-53-11/h16-21,36-38H,12-15,22-35H2,1-11H3/q+1. The molecule has 0 heterocycles. The van der Waals surface area contributed by atoms with Gasteiger partial charge in [-0.25, -0.2) is 0 Å². The van der Waals surface area contributed by atoms with Crippen molar-refractivity contribution >= 4 is 0 Å². The minimum absolute atomic E-state index is 0.0352. The summed E-state index contributed by atoms with van der Waals surface area (Å²) >= 11 is 0. The Bertz CT molecular complexity index is 1630. The lowest BCUT2D eigenvalue weighted by molar-refractivity contribution is -0.870. The van der Waals surface area contributed by atoms with Crippen LogP contribution in [0.3, 0.4) is 0 Å². The van der Waals surface area contributed by atoms with E-state index in [0.717, 1.165) is 43.1 Å². The lowest BCUT2D eigenvalue weighted by Crippen LogP contribution is -2.35. The highest BCUT2D eigenvalue weighted by atomic mass is 16.6. The molecule has 0 atom stereocenters. The molecule has 0 unspecified atom stereocenters. The predicted molar refractivity (Wildman–Crippen MR) is 240 cm³/mol. The van der Waals surface area contributed by atoms with Gasteiger partial charge in [0.25, 0.3) is 0 Å². The summed E-state index contributed by atoms with van der Waals surface area (Å²) in [6.45, 7) is 21.0. The number of nitrogens with zero attached hydrogens (tertiary/aromatic N) is 1. The molecule has 0 aromatic heterocycles. The zero-order chi connectivity index (χ0) is 42.9. The Morgan fingerprint density at radius 1 is 0.508 bits per heavy atom. The summed E-state index contributed by atoms with van der Waals surface area (Å²) in [6.07, 6.45) is 5.30. The van der Waals surface area contributed by atoms with E-state index in [1.807, 2.05) is 0 Å². The lowest BCUT2D eigenvalue weighted by atomic mass is 9.67. The van der Waals surface area contributed by atoms with Crippen LogP contribution in [0.5, 0.6) is 11.5 Å². The van der Waals surface area contributed by atoms with Crippen molar-refractivity contribution in [2.75, 3.05) is 121 Å². The molecule has 0 spiro atoms. The first-order chi connectivity index (χ1) is 28.2. The highest BCUT2D eigenvalue weighted by Gasteiger charge is 2.46. The molecule has 1 aliphatic carbocycles. The fourth-order valence-corrected chi connectivity index (χ4v) is 7.72. The van der Waals surface area contributed by atoms with Crippen molar-refractivity contribution in [1.82, 2.24) is 0 Å². The number of quaternary nitrogens is 1. The first-order valence-electron chi connectivity index (χ1n) is 22.0. The van der Waals surface area contributed by atoms with E-state index in [2.05, 4.69) is 117 Å². The van der Waals surface area contributed by atoms with Gasteiger partial charge in [-0.05, 0) is 94.0 Å². The summed E-state index contributed by atoms with van der Waals surface area (Å²) in [4.78, 5) is 0. The molecule has 9 nitrogen and oxygen atoms in total. The Labute approximate surface area is 357 Å². The molecule has 0 saturated heterocycles. The lowest BCUT2D eigenvalue weighted by Gasteiger charge is -2.36. The Morgan fingerprint density at radius 3 is 1.39 bits per heavy atom. The third-order valence-corrected chi connectivity index (χ3v) is 12.2. The van der Waals surface area contributed by atoms with E-state index in [9.17, 15) is 0 Å². The zero-order valence-corrected chi connectivity index (χ0v) is 38.6. The fraction of sp³-hybridized carbons (Fsp3) is 0.640. The Morgan fingerprint density at radius 2 is 0.949 bits per heavy atom. The molecule has 0 bridgehead atoms. The van der Waals surface area contributed by atoms with E-state index in [-0.39, 0.29) is 10.8 Å². The van der Waals surface area contributed by atoms with Gasteiger partial charge in [-0.3, -0.25) is 0 Å². The molecule has 9 heteroatoms. The summed E-state index contributed by atoms with van der Waals surface area (Å²) in [5.74, 6) is 1.40. The molecule has 3 aromatic rings. The number of hydrogen-bond donors (Lipinski definition) is 0. The van der Waals surface area contributed by atoms with Crippen LogP contribution in [-0.2, 0) is 44.7 Å². The van der Waals surface area contributed by atoms with Crippen molar-refractivity contribution in [3.05, 3.63) is 82.4 Å². The van der Waals surface area contributed by atoms with Crippen molar-refractivity contribution < 1.29 is 42.4 Å². The van der Waals surface area contributed by atoms with Crippen LogP contribution in [0.1, 0.15) is 101 Å². The van der Waals surface area contributed by atoms with Gasteiger partial charge >= 0.3 is 0 Å². The highest BCUT2D eigenvalue weighted by Crippen LogP contribution is 2.57. The minimum Gasteiger partial charge on any atom is -0.487 e. The van der Waals surface area contributed by atoms with Crippen molar-refractivity contribution in [2.45, 2.75) is 89.9 Å². The van der Waals surface area contributed by atoms with E-state index in [4.69, 9.17) is 37.9 Å². The number of rotatable bonds is 30. The molecule has 0 fully saturated rings. The van der Waals surface area contributed by atoms with E-state index in [1.54, 1.807) is 14.2 Å². The van der Waals surface area contributed by atoms with Crippen molar-refractivity contribution in [3.8, 4) is 22.6 Å². The largest absolute Gasteiger partial charge is 0.487 e. The summed E-state index contributed by atoms with van der Waals surface area (Å²) in [5.41, 5.74) is 9.09. The molecule has 0 amide bonds. The molecule has 0 radical (unpaired) electrons. The third-order valence-electron chi connectivity index (χ3n) is 12.2. The van der Waals surface area contributed by atoms with E-state index < -0.39 is 5.41 Å². The maximum Gasteiger partial charge on any atom is 0.161 e. The number of ether oxygens (including phenoxy) is 8. The highest BCUT2D eigenvalue weighted by molar-refractivity contribution is 5.84. The van der Waals surface area contributed by atoms with E-state index in [1.165, 1.54) is 38.9 Å². The van der Waals surface area contributed by atoms with Crippen LogP contribution in [0.15, 0.2) is 54.6 Å². The number of unbranched alkanes of at least 4 members (excludes halogenated alkanes) is 1. The normalized spacial score (nSPS) is 13.7. The SMILES string of the molecule is CCC(C)(C)c1ccc2c(c1)C(CCCC[N+](C)(C)C)(c1ccc(OCCOCCOCCOC)c(OCCOCCOCCOC)c1)c1cc(C(C)(C)CC)ccc1-2. The maximum absolute atomic E-state index is 6.61. The molecular formula is C50H78NO8+. The maximum atomic E-state index is 6.61. The smallest absolute Gasteiger partial charge is 0.161 e. The van der Waals surface area contributed by atoms with Gasteiger partial charge in [-0.1, -0.05) is 84.0 Å². The van der Waals surface area contributed by atoms with Crippen molar-refractivity contribution in [2.24, 2.45) is 0 Å². The monoisotopic (exact) mass is 821 g/mol. The van der Waals surface area contributed by atoms with Gasteiger partial charge in [0.05, 0.1) is 93.8 Å². The first kappa shape index (κ1) is 48.6. The molecule has 0 aliphatic heterocycles. The quantitative estimate of drug-likeness (QED) is 0.0487. The fourth-order valence-electron chi connectivity index (χ4n) is 7.72. The van der Waals surface area contributed by atoms with Gasteiger partial charge in [-0.2, -0.15) is 0 Å².